The summed E-state index contributed by atoms with van der Waals surface area (Å²) in [4.78, 5) is 2.32. The lowest BCUT2D eigenvalue weighted by atomic mass is 10.2. The standard InChI is InChI=1S/C14H20F2N2O/c1-10(2)18-5-6-19-12(9-18)8-17-14-7-11(15)3-4-13(14)16/h3-4,7,10,12,17H,5-6,8-9H2,1-2H3. The number of hydrogen-bond donors (Lipinski definition) is 1. The van der Waals surface area contributed by atoms with Gasteiger partial charge in [0.15, 0.2) is 0 Å². The van der Waals surface area contributed by atoms with Crippen molar-refractivity contribution in [2.45, 2.75) is 26.0 Å². The number of nitrogens with zero attached hydrogens (tertiary/aromatic N) is 1. The number of rotatable bonds is 4. The fourth-order valence-corrected chi connectivity index (χ4v) is 2.19. The number of hydrogen-bond acceptors (Lipinski definition) is 3. The monoisotopic (exact) mass is 270 g/mol. The van der Waals surface area contributed by atoms with Gasteiger partial charge in [-0.2, -0.15) is 0 Å². The fraction of sp³-hybridized carbons (Fsp3) is 0.571. The maximum absolute atomic E-state index is 13.4. The van der Waals surface area contributed by atoms with Crippen LogP contribution in [0.5, 0.6) is 0 Å². The highest BCUT2D eigenvalue weighted by Crippen LogP contribution is 2.16. The third-order valence-corrected chi connectivity index (χ3v) is 3.35. The van der Waals surface area contributed by atoms with E-state index < -0.39 is 11.6 Å². The van der Waals surface area contributed by atoms with Crippen LogP contribution in [0, 0.1) is 11.6 Å². The topological polar surface area (TPSA) is 24.5 Å². The summed E-state index contributed by atoms with van der Waals surface area (Å²) in [6, 6.07) is 3.87. The normalized spacial score (nSPS) is 20.8. The molecule has 0 spiro atoms. The number of halogens is 2. The summed E-state index contributed by atoms with van der Waals surface area (Å²) in [5.41, 5.74) is 0.185. The van der Waals surface area contributed by atoms with Gasteiger partial charge in [0.05, 0.1) is 18.4 Å². The van der Waals surface area contributed by atoms with Gasteiger partial charge < -0.3 is 10.1 Å². The summed E-state index contributed by atoms with van der Waals surface area (Å²) in [5, 5.41) is 2.92. The minimum absolute atomic E-state index is 0.00110. The van der Waals surface area contributed by atoms with Crippen LogP contribution in [0.1, 0.15) is 13.8 Å². The molecular weight excluding hydrogens is 250 g/mol. The number of anilines is 1. The molecule has 0 amide bonds. The van der Waals surface area contributed by atoms with Crippen LogP contribution in [0.2, 0.25) is 0 Å². The summed E-state index contributed by atoms with van der Waals surface area (Å²) in [7, 11) is 0. The highest BCUT2D eigenvalue weighted by Gasteiger charge is 2.22. The Morgan fingerprint density at radius 3 is 2.95 bits per heavy atom. The second-order valence-corrected chi connectivity index (χ2v) is 5.09. The number of nitrogens with one attached hydrogen (secondary N) is 1. The first-order valence-corrected chi connectivity index (χ1v) is 6.61. The Kier molecular flexibility index (Phi) is 4.71. The van der Waals surface area contributed by atoms with E-state index in [1.54, 1.807) is 0 Å². The average Bonchev–Trinajstić information content (AvgIpc) is 2.40. The highest BCUT2D eigenvalue weighted by atomic mass is 19.1. The summed E-state index contributed by atoms with van der Waals surface area (Å²) in [6.45, 7) is 7.16. The Labute approximate surface area is 112 Å². The van der Waals surface area contributed by atoms with Crippen molar-refractivity contribution in [1.29, 1.82) is 0 Å². The van der Waals surface area contributed by atoms with Crippen molar-refractivity contribution in [2.75, 3.05) is 31.6 Å². The molecule has 1 heterocycles. The zero-order valence-corrected chi connectivity index (χ0v) is 11.3. The van der Waals surface area contributed by atoms with Crippen molar-refractivity contribution in [3.63, 3.8) is 0 Å². The molecule has 1 aromatic rings. The van der Waals surface area contributed by atoms with Crippen LogP contribution in [0.3, 0.4) is 0 Å². The summed E-state index contributed by atoms with van der Waals surface area (Å²) >= 11 is 0. The van der Waals surface area contributed by atoms with Crippen LogP contribution in [0.25, 0.3) is 0 Å². The summed E-state index contributed by atoms with van der Waals surface area (Å²) in [6.07, 6.45) is -0.00110. The van der Waals surface area contributed by atoms with Crippen molar-refractivity contribution in [3.8, 4) is 0 Å². The van der Waals surface area contributed by atoms with E-state index in [2.05, 4.69) is 24.1 Å². The van der Waals surface area contributed by atoms with Crippen molar-refractivity contribution in [3.05, 3.63) is 29.8 Å². The van der Waals surface area contributed by atoms with Gasteiger partial charge in [-0.05, 0) is 32.0 Å². The number of benzene rings is 1. The van der Waals surface area contributed by atoms with Gasteiger partial charge >= 0.3 is 0 Å². The molecule has 1 fully saturated rings. The molecule has 1 N–H and O–H groups in total. The van der Waals surface area contributed by atoms with E-state index in [1.807, 2.05) is 0 Å². The van der Waals surface area contributed by atoms with E-state index in [1.165, 1.54) is 6.07 Å². The largest absolute Gasteiger partial charge is 0.380 e. The van der Waals surface area contributed by atoms with Gasteiger partial charge in [0.1, 0.15) is 11.6 Å². The van der Waals surface area contributed by atoms with Gasteiger partial charge in [-0.15, -0.1) is 0 Å². The van der Waals surface area contributed by atoms with Crippen LogP contribution >= 0.6 is 0 Å². The van der Waals surface area contributed by atoms with Crippen LogP contribution in [0.4, 0.5) is 14.5 Å². The molecule has 1 atom stereocenters. The highest BCUT2D eigenvalue weighted by molar-refractivity contribution is 5.44. The zero-order valence-electron chi connectivity index (χ0n) is 11.3. The maximum Gasteiger partial charge on any atom is 0.146 e. The first-order valence-electron chi connectivity index (χ1n) is 6.61. The van der Waals surface area contributed by atoms with Gasteiger partial charge in [-0.3, -0.25) is 4.90 Å². The molecular formula is C14H20F2N2O. The van der Waals surface area contributed by atoms with E-state index in [9.17, 15) is 8.78 Å². The molecule has 0 aliphatic carbocycles. The van der Waals surface area contributed by atoms with E-state index in [0.717, 1.165) is 25.2 Å². The molecule has 1 aromatic carbocycles. The second kappa shape index (κ2) is 6.30. The Balaban J connectivity index is 1.89. The summed E-state index contributed by atoms with van der Waals surface area (Å²) < 4.78 is 32.1. The molecule has 106 valence electrons. The predicted molar refractivity (Wildman–Crippen MR) is 71.3 cm³/mol. The Morgan fingerprint density at radius 1 is 1.42 bits per heavy atom. The van der Waals surface area contributed by atoms with Crippen molar-refractivity contribution in [1.82, 2.24) is 4.90 Å². The van der Waals surface area contributed by atoms with E-state index in [4.69, 9.17) is 4.74 Å². The first kappa shape index (κ1) is 14.2. The predicted octanol–water partition coefficient (Wildman–Crippen LogP) is 2.49. The molecule has 3 nitrogen and oxygen atoms in total. The summed E-state index contributed by atoms with van der Waals surface area (Å²) in [5.74, 6) is -0.893. The molecule has 1 saturated heterocycles. The lowest BCUT2D eigenvalue weighted by molar-refractivity contribution is -0.0315. The van der Waals surface area contributed by atoms with Crippen LogP contribution in [-0.4, -0.2) is 43.3 Å². The van der Waals surface area contributed by atoms with Crippen molar-refractivity contribution in [2.24, 2.45) is 0 Å². The molecule has 1 aliphatic rings. The molecule has 2 rings (SSSR count). The molecule has 0 aromatic heterocycles. The van der Waals surface area contributed by atoms with Crippen molar-refractivity contribution >= 4 is 5.69 Å². The Hall–Kier alpha value is -1.20. The molecule has 19 heavy (non-hydrogen) atoms. The zero-order chi connectivity index (χ0) is 13.8. The molecule has 0 radical (unpaired) electrons. The van der Waals surface area contributed by atoms with E-state index >= 15 is 0 Å². The Morgan fingerprint density at radius 2 is 2.21 bits per heavy atom. The minimum Gasteiger partial charge on any atom is -0.380 e. The molecule has 5 heteroatoms. The van der Waals surface area contributed by atoms with Crippen molar-refractivity contribution < 1.29 is 13.5 Å². The fourth-order valence-electron chi connectivity index (χ4n) is 2.19. The quantitative estimate of drug-likeness (QED) is 0.909. The smallest absolute Gasteiger partial charge is 0.146 e. The number of morpholine rings is 1. The molecule has 0 saturated carbocycles. The second-order valence-electron chi connectivity index (χ2n) is 5.09. The van der Waals surface area contributed by atoms with Crippen LogP contribution < -0.4 is 5.32 Å². The van der Waals surface area contributed by atoms with E-state index in [-0.39, 0.29) is 11.8 Å². The molecule has 0 bridgehead atoms. The van der Waals surface area contributed by atoms with Crippen LogP contribution in [-0.2, 0) is 4.74 Å². The maximum atomic E-state index is 13.4. The van der Waals surface area contributed by atoms with Gasteiger partial charge in [-0.1, -0.05) is 0 Å². The van der Waals surface area contributed by atoms with Gasteiger partial charge in [0, 0.05) is 25.7 Å². The Bertz CT molecular complexity index is 426. The third-order valence-electron chi connectivity index (χ3n) is 3.35. The molecule has 1 aliphatic heterocycles. The molecule has 1 unspecified atom stereocenters. The minimum atomic E-state index is -0.447. The van der Waals surface area contributed by atoms with Gasteiger partial charge in [-0.25, -0.2) is 8.78 Å². The lowest BCUT2D eigenvalue weighted by Gasteiger charge is -2.35. The SMILES string of the molecule is CC(C)N1CCOC(CNc2cc(F)ccc2F)C1. The van der Waals surface area contributed by atoms with Gasteiger partial charge in [0.25, 0.3) is 0 Å². The van der Waals surface area contributed by atoms with Crippen LogP contribution in [0.15, 0.2) is 18.2 Å². The van der Waals surface area contributed by atoms with Gasteiger partial charge in [0.2, 0.25) is 0 Å². The number of ether oxygens (including phenoxy) is 1. The third kappa shape index (κ3) is 3.88. The lowest BCUT2D eigenvalue weighted by Crippen LogP contribution is -2.48. The average molecular weight is 270 g/mol. The van der Waals surface area contributed by atoms with E-state index in [0.29, 0.717) is 19.2 Å². The first-order chi connectivity index (χ1) is 9.06.